The van der Waals surface area contributed by atoms with Crippen LogP contribution in [0, 0.1) is 0 Å². The van der Waals surface area contributed by atoms with Crippen LogP contribution in [0.15, 0.2) is 22.2 Å². The van der Waals surface area contributed by atoms with Crippen molar-refractivity contribution in [2.24, 2.45) is 0 Å². The Kier molecular flexibility index (Phi) is 4.38. The van der Waals surface area contributed by atoms with Crippen LogP contribution in [0.4, 0.5) is 11.5 Å². The molecule has 0 radical (unpaired) electrons. The summed E-state index contributed by atoms with van der Waals surface area (Å²) in [5.41, 5.74) is 6.36. The molecule has 0 spiro atoms. The molecule has 0 atom stereocenters. The molecule has 7 heteroatoms. The summed E-state index contributed by atoms with van der Waals surface area (Å²) in [5.74, 6) is 1.01. The van der Waals surface area contributed by atoms with Crippen LogP contribution in [0.3, 0.4) is 0 Å². The van der Waals surface area contributed by atoms with Crippen LogP contribution >= 0.6 is 27.3 Å². The number of halogens is 1. The van der Waals surface area contributed by atoms with Gasteiger partial charge in [0, 0.05) is 4.88 Å². The second kappa shape index (κ2) is 6.01. The molecule has 0 aliphatic rings. The lowest BCUT2D eigenvalue weighted by Crippen LogP contribution is -2.07. The van der Waals surface area contributed by atoms with E-state index in [-0.39, 0.29) is 0 Å². The van der Waals surface area contributed by atoms with Crippen LogP contribution in [0.1, 0.15) is 11.8 Å². The molecular weight excluding hydrogens is 316 g/mol. The molecule has 96 valence electrons. The highest BCUT2D eigenvalue weighted by molar-refractivity contribution is 9.11. The predicted octanol–water partition coefficient (Wildman–Crippen LogP) is 2.89. The molecule has 0 bridgehead atoms. The molecule has 0 saturated heterocycles. The summed E-state index contributed by atoms with van der Waals surface area (Å²) in [6, 6.07) is 4.05. The standard InChI is InChI=1S/C11H13BrN4OS/c1-2-17-11-9(13)10(15-6-16-11)14-5-7-3-4-8(12)18-7/h3-4,6H,2,5,13H2,1H3,(H,14,15,16). The largest absolute Gasteiger partial charge is 0.476 e. The Morgan fingerprint density at radius 3 is 2.94 bits per heavy atom. The summed E-state index contributed by atoms with van der Waals surface area (Å²) < 4.78 is 6.41. The maximum atomic E-state index is 5.92. The van der Waals surface area contributed by atoms with Gasteiger partial charge in [0.05, 0.1) is 16.9 Å². The van der Waals surface area contributed by atoms with Crippen molar-refractivity contribution in [3.8, 4) is 5.88 Å². The summed E-state index contributed by atoms with van der Waals surface area (Å²) in [4.78, 5) is 9.29. The number of nitrogens with zero attached hydrogens (tertiary/aromatic N) is 2. The molecule has 0 amide bonds. The van der Waals surface area contributed by atoms with Crippen LogP contribution in [-0.4, -0.2) is 16.6 Å². The Balaban J connectivity index is 2.07. The highest BCUT2D eigenvalue weighted by Crippen LogP contribution is 2.26. The van der Waals surface area contributed by atoms with Crippen LogP contribution in [0.2, 0.25) is 0 Å². The van der Waals surface area contributed by atoms with Crippen molar-refractivity contribution in [3.63, 3.8) is 0 Å². The molecule has 18 heavy (non-hydrogen) atoms. The Labute approximate surface area is 118 Å². The van der Waals surface area contributed by atoms with Crippen molar-refractivity contribution in [2.75, 3.05) is 17.7 Å². The van der Waals surface area contributed by atoms with Crippen molar-refractivity contribution in [2.45, 2.75) is 13.5 Å². The number of rotatable bonds is 5. The smallest absolute Gasteiger partial charge is 0.242 e. The molecule has 5 nitrogen and oxygen atoms in total. The molecule has 0 aliphatic carbocycles. The molecule has 0 fully saturated rings. The van der Waals surface area contributed by atoms with Gasteiger partial charge in [0.1, 0.15) is 12.0 Å². The van der Waals surface area contributed by atoms with E-state index in [0.29, 0.717) is 30.5 Å². The maximum absolute atomic E-state index is 5.92. The zero-order valence-electron chi connectivity index (χ0n) is 9.81. The van der Waals surface area contributed by atoms with Crippen LogP contribution in [0.25, 0.3) is 0 Å². The van der Waals surface area contributed by atoms with Gasteiger partial charge in [-0.1, -0.05) is 0 Å². The molecule has 2 aromatic heterocycles. The second-order valence-corrected chi connectivity index (χ2v) is 5.98. The zero-order chi connectivity index (χ0) is 13.0. The molecule has 0 saturated carbocycles. The maximum Gasteiger partial charge on any atom is 0.242 e. The minimum Gasteiger partial charge on any atom is -0.476 e. The Morgan fingerprint density at radius 2 is 2.28 bits per heavy atom. The SMILES string of the molecule is CCOc1ncnc(NCc2ccc(Br)s2)c1N. The van der Waals surface area contributed by atoms with E-state index in [9.17, 15) is 0 Å². The highest BCUT2D eigenvalue weighted by Gasteiger charge is 2.08. The Bertz CT molecular complexity index is 532. The summed E-state index contributed by atoms with van der Waals surface area (Å²) in [6.07, 6.45) is 1.44. The van der Waals surface area contributed by atoms with Gasteiger partial charge in [-0.25, -0.2) is 4.98 Å². The first kappa shape index (κ1) is 13.1. The number of hydrogen-bond donors (Lipinski definition) is 2. The van der Waals surface area contributed by atoms with Crippen LogP contribution < -0.4 is 15.8 Å². The molecule has 2 heterocycles. The second-order valence-electron chi connectivity index (χ2n) is 3.43. The molecule has 0 aliphatic heterocycles. The quantitative estimate of drug-likeness (QED) is 0.882. The number of aromatic nitrogens is 2. The fraction of sp³-hybridized carbons (Fsp3) is 0.273. The first-order valence-corrected chi connectivity index (χ1v) is 7.03. The third-order valence-corrected chi connectivity index (χ3v) is 3.81. The average Bonchev–Trinajstić information content (AvgIpc) is 2.77. The summed E-state index contributed by atoms with van der Waals surface area (Å²) in [5, 5.41) is 3.17. The average molecular weight is 329 g/mol. The lowest BCUT2D eigenvalue weighted by molar-refractivity contribution is 0.328. The number of nitrogens with one attached hydrogen (secondary N) is 1. The van der Waals surface area contributed by atoms with E-state index in [1.807, 2.05) is 19.1 Å². The summed E-state index contributed by atoms with van der Waals surface area (Å²) in [6.45, 7) is 3.08. The Hall–Kier alpha value is -1.34. The minimum atomic E-state index is 0.419. The van der Waals surface area contributed by atoms with E-state index >= 15 is 0 Å². The number of thiophene rings is 1. The van der Waals surface area contributed by atoms with Crippen LogP contribution in [0.5, 0.6) is 5.88 Å². The summed E-state index contributed by atoms with van der Waals surface area (Å²) in [7, 11) is 0. The van der Waals surface area contributed by atoms with Crippen LogP contribution in [-0.2, 0) is 6.54 Å². The van der Waals surface area contributed by atoms with Gasteiger partial charge in [0.25, 0.3) is 0 Å². The minimum absolute atomic E-state index is 0.419. The van der Waals surface area contributed by atoms with Gasteiger partial charge in [-0.15, -0.1) is 11.3 Å². The molecule has 3 N–H and O–H groups in total. The molecule has 2 aromatic rings. The van der Waals surface area contributed by atoms with Gasteiger partial charge >= 0.3 is 0 Å². The highest BCUT2D eigenvalue weighted by atomic mass is 79.9. The fourth-order valence-corrected chi connectivity index (χ4v) is 2.81. The first-order valence-electron chi connectivity index (χ1n) is 5.42. The van der Waals surface area contributed by atoms with Crippen molar-refractivity contribution in [1.82, 2.24) is 9.97 Å². The van der Waals surface area contributed by atoms with Crippen molar-refractivity contribution < 1.29 is 4.74 Å². The van der Waals surface area contributed by atoms with E-state index in [1.165, 1.54) is 11.2 Å². The van der Waals surface area contributed by atoms with E-state index < -0.39 is 0 Å². The molecule has 2 rings (SSSR count). The third kappa shape index (κ3) is 3.11. The zero-order valence-corrected chi connectivity index (χ0v) is 12.2. The van der Waals surface area contributed by atoms with Gasteiger partial charge in [-0.05, 0) is 35.0 Å². The topological polar surface area (TPSA) is 73.1 Å². The van der Waals surface area contributed by atoms with Crippen molar-refractivity contribution in [1.29, 1.82) is 0 Å². The van der Waals surface area contributed by atoms with Gasteiger partial charge in [-0.2, -0.15) is 4.98 Å². The molecule has 0 aromatic carbocycles. The van der Waals surface area contributed by atoms with Gasteiger partial charge in [0.2, 0.25) is 5.88 Å². The van der Waals surface area contributed by atoms with Gasteiger partial charge in [-0.3, -0.25) is 0 Å². The monoisotopic (exact) mass is 328 g/mol. The van der Waals surface area contributed by atoms with Gasteiger partial charge < -0.3 is 15.8 Å². The Morgan fingerprint density at radius 1 is 1.44 bits per heavy atom. The van der Waals surface area contributed by atoms with Crippen molar-refractivity contribution in [3.05, 3.63) is 27.1 Å². The molecular formula is C11H13BrN4OS. The fourth-order valence-electron chi connectivity index (χ4n) is 1.39. The summed E-state index contributed by atoms with van der Waals surface area (Å²) >= 11 is 5.09. The number of nitrogen functional groups attached to an aromatic ring is 1. The predicted molar refractivity (Wildman–Crippen MR) is 77.0 cm³/mol. The molecule has 0 unspecified atom stereocenters. The van der Waals surface area contributed by atoms with E-state index in [1.54, 1.807) is 11.3 Å². The third-order valence-electron chi connectivity index (χ3n) is 2.19. The lowest BCUT2D eigenvalue weighted by Gasteiger charge is -2.10. The number of hydrogen-bond acceptors (Lipinski definition) is 6. The normalized spacial score (nSPS) is 10.3. The van der Waals surface area contributed by atoms with E-state index in [0.717, 1.165) is 3.79 Å². The van der Waals surface area contributed by atoms with Crippen molar-refractivity contribution >= 4 is 38.8 Å². The number of anilines is 2. The van der Waals surface area contributed by atoms with E-state index in [2.05, 4.69) is 31.2 Å². The lowest BCUT2D eigenvalue weighted by atomic mass is 10.4. The number of nitrogens with two attached hydrogens (primary N) is 1. The first-order chi connectivity index (χ1) is 8.70. The van der Waals surface area contributed by atoms with E-state index in [4.69, 9.17) is 10.5 Å². The van der Waals surface area contributed by atoms with Gasteiger partial charge in [0.15, 0.2) is 5.82 Å². The number of ether oxygens (including phenoxy) is 1.